The second-order valence-corrected chi connectivity index (χ2v) is 6.95. The number of nitrogens with two attached hydrogens (primary N) is 1. The Morgan fingerprint density at radius 3 is 2.76 bits per heavy atom. The van der Waals surface area contributed by atoms with Gasteiger partial charge in [-0.25, -0.2) is 10.4 Å². The van der Waals surface area contributed by atoms with Gasteiger partial charge in [0.2, 0.25) is 5.91 Å². The molecule has 0 atom stereocenters. The number of nitrogens with one attached hydrogen (secondary N) is 1. The van der Waals surface area contributed by atoms with Crippen LogP contribution in [0, 0.1) is 0 Å². The van der Waals surface area contributed by atoms with Crippen LogP contribution >= 0.6 is 11.3 Å². The Hall–Kier alpha value is -3.39. The number of benzene rings is 2. The zero-order valence-corrected chi connectivity index (χ0v) is 16.8. The standard InChI is InChI=1S/C21H22N4O3S/c1-2-27-19-10-16(8-9-18(19)28-13-15-6-4-3-5-7-15)12-23-25-20(26)11-17-14-29-21(22)24-17/h3-10,12,14H,2,11,13H2,1H3,(H2,22,24)(H,25,26)/b23-12+. The summed E-state index contributed by atoms with van der Waals surface area (Å²) in [6.07, 6.45) is 1.68. The van der Waals surface area contributed by atoms with E-state index in [1.807, 2.05) is 55.5 Å². The minimum absolute atomic E-state index is 0.126. The van der Waals surface area contributed by atoms with Gasteiger partial charge in [0.15, 0.2) is 16.6 Å². The van der Waals surface area contributed by atoms with Gasteiger partial charge in [-0.1, -0.05) is 30.3 Å². The molecule has 0 saturated carbocycles. The lowest BCUT2D eigenvalue weighted by molar-refractivity contribution is -0.120. The quantitative estimate of drug-likeness (QED) is 0.416. The van der Waals surface area contributed by atoms with Crippen molar-refractivity contribution in [2.75, 3.05) is 12.3 Å². The first-order valence-electron chi connectivity index (χ1n) is 9.09. The Kier molecular flexibility index (Phi) is 7.18. The summed E-state index contributed by atoms with van der Waals surface area (Å²) in [7, 11) is 0. The van der Waals surface area contributed by atoms with Crippen LogP contribution < -0.4 is 20.6 Å². The fraction of sp³-hybridized carbons (Fsp3) is 0.190. The zero-order valence-electron chi connectivity index (χ0n) is 16.0. The molecule has 0 aliphatic carbocycles. The van der Waals surface area contributed by atoms with Gasteiger partial charge in [-0.3, -0.25) is 4.79 Å². The predicted octanol–water partition coefficient (Wildman–Crippen LogP) is 3.40. The van der Waals surface area contributed by atoms with Crippen LogP contribution in [0.3, 0.4) is 0 Å². The van der Waals surface area contributed by atoms with Gasteiger partial charge in [-0.05, 0) is 36.2 Å². The molecule has 150 valence electrons. The molecule has 1 heterocycles. The number of carbonyl (C=O) groups excluding carboxylic acids is 1. The summed E-state index contributed by atoms with van der Waals surface area (Å²) in [5, 5.41) is 6.18. The number of thiazole rings is 1. The van der Waals surface area contributed by atoms with E-state index in [9.17, 15) is 4.79 Å². The lowest BCUT2D eigenvalue weighted by Crippen LogP contribution is -2.19. The van der Waals surface area contributed by atoms with E-state index < -0.39 is 0 Å². The molecule has 29 heavy (non-hydrogen) atoms. The summed E-state index contributed by atoms with van der Waals surface area (Å²) in [6, 6.07) is 15.4. The van der Waals surface area contributed by atoms with Crippen molar-refractivity contribution in [1.82, 2.24) is 10.4 Å². The summed E-state index contributed by atoms with van der Waals surface area (Å²) in [4.78, 5) is 16.0. The van der Waals surface area contributed by atoms with Gasteiger partial charge in [0.05, 0.1) is 24.9 Å². The fourth-order valence-corrected chi connectivity index (χ4v) is 3.08. The molecule has 0 aliphatic heterocycles. The lowest BCUT2D eigenvalue weighted by atomic mass is 10.2. The van der Waals surface area contributed by atoms with E-state index in [-0.39, 0.29) is 12.3 Å². The molecule has 0 spiro atoms. The molecule has 0 saturated heterocycles. The summed E-state index contributed by atoms with van der Waals surface area (Å²) in [5.41, 5.74) is 10.5. The number of hydrogen-bond donors (Lipinski definition) is 2. The molecule has 3 aromatic rings. The van der Waals surface area contributed by atoms with Gasteiger partial charge in [-0.15, -0.1) is 11.3 Å². The monoisotopic (exact) mass is 410 g/mol. The lowest BCUT2D eigenvalue weighted by Gasteiger charge is -2.12. The normalized spacial score (nSPS) is 10.8. The second kappa shape index (κ2) is 10.2. The van der Waals surface area contributed by atoms with E-state index in [0.717, 1.165) is 11.1 Å². The van der Waals surface area contributed by atoms with Crippen molar-refractivity contribution in [1.29, 1.82) is 0 Å². The number of nitrogen functional groups attached to an aromatic ring is 1. The van der Waals surface area contributed by atoms with E-state index in [1.165, 1.54) is 11.3 Å². The molecule has 0 radical (unpaired) electrons. The van der Waals surface area contributed by atoms with Gasteiger partial charge in [0.1, 0.15) is 6.61 Å². The molecule has 0 fully saturated rings. The van der Waals surface area contributed by atoms with Crippen LogP contribution in [0.2, 0.25) is 0 Å². The van der Waals surface area contributed by atoms with Crippen LogP contribution in [-0.4, -0.2) is 23.7 Å². The summed E-state index contributed by atoms with van der Waals surface area (Å²) >= 11 is 1.30. The molecule has 0 aliphatic rings. The molecular weight excluding hydrogens is 388 g/mol. The Labute approximate surface area is 173 Å². The van der Waals surface area contributed by atoms with Crippen molar-refractivity contribution in [3.8, 4) is 11.5 Å². The molecule has 3 rings (SSSR count). The third-order valence-electron chi connectivity index (χ3n) is 3.82. The van der Waals surface area contributed by atoms with Crippen molar-refractivity contribution in [3.05, 3.63) is 70.7 Å². The SMILES string of the molecule is CCOc1cc(/C=N/NC(=O)Cc2csc(N)n2)ccc1OCc1ccccc1. The van der Waals surface area contributed by atoms with Crippen molar-refractivity contribution in [2.45, 2.75) is 20.0 Å². The van der Waals surface area contributed by atoms with Crippen LogP contribution in [0.25, 0.3) is 0 Å². The van der Waals surface area contributed by atoms with Gasteiger partial charge in [0, 0.05) is 5.38 Å². The largest absolute Gasteiger partial charge is 0.490 e. The molecule has 1 amide bonds. The highest BCUT2D eigenvalue weighted by Gasteiger charge is 2.08. The van der Waals surface area contributed by atoms with E-state index in [0.29, 0.717) is 35.5 Å². The summed E-state index contributed by atoms with van der Waals surface area (Å²) in [5.74, 6) is 1.01. The van der Waals surface area contributed by atoms with Gasteiger partial charge in [-0.2, -0.15) is 5.10 Å². The Morgan fingerprint density at radius 1 is 1.21 bits per heavy atom. The molecule has 8 heteroatoms. The van der Waals surface area contributed by atoms with E-state index >= 15 is 0 Å². The van der Waals surface area contributed by atoms with Gasteiger partial charge in [0.25, 0.3) is 0 Å². The molecule has 2 aromatic carbocycles. The minimum atomic E-state index is -0.264. The maximum Gasteiger partial charge on any atom is 0.246 e. The highest BCUT2D eigenvalue weighted by Crippen LogP contribution is 2.28. The average molecular weight is 410 g/mol. The van der Waals surface area contributed by atoms with E-state index in [2.05, 4.69) is 15.5 Å². The molecule has 0 bridgehead atoms. The topological polar surface area (TPSA) is 98.8 Å². The Morgan fingerprint density at radius 2 is 2.03 bits per heavy atom. The number of hydrazone groups is 1. The molecule has 1 aromatic heterocycles. The number of amides is 1. The van der Waals surface area contributed by atoms with Crippen LogP contribution in [0.1, 0.15) is 23.7 Å². The smallest absolute Gasteiger partial charge is 0.246 e. The maximum absolute atomic E-state index is 11.9. The van der Waals surface area contributed by atoms with Crippen LogP contribution in [0.4, 0.5) is 5.13 Å². The number of carbonyl (C=O) groups is 1. The Bertz CT molecular complexity index is 973. The van der Waals surface area contributed by atoms with Crippen LogP contribution in [-0.2, 0) is 17.8 Å². The number of hydrogen-bond acceptors (Lipinski definition) is 7. The van der Waals surface area contributed by atoms with Crippen molar-refractivity contribution in [3.63, 3.8) is 0 Å². The first-order chi connectivity index (χ1) is 14.1. The number of nitrogens with zero attached hydrogens (tertiary/aromatic N) is 2. The third-order valence-corrected chi connectivity index (χ3v) is 4.54. The maximum atomic E-state index is 11.9. The summed E-state index contributed by atoms with van der Waals surface area (Å²) < 4.78 is 11.6. The predicted molar refractivity (Wildman–Crippen MR) is 114 cm³/mol. The number of aromatic nitrogens is 1. The van der Waals surface area contributed by atoms with E-state index in [1.54, 1.807) is 11.6 Å². The highest BCUT2D eigenvalue weighted by molar-refractivity contribution is 7.13. The van der Waals surface area contributed by atoms with Gasteiger partial charge < -0.3 is 15.2 Å². The molecule has 7 nitrogen and oxygen atoms in total. The second-order valence-electron chi connectivity index (χ2n) is 6.06. The first-order valence-corrected chi connectivity index (χ1v) is 9.97. The van der Waals surface area contributed by atoms with Crippen LogP contribution in [0.5, 0.6) is 11.5 Å². The van der Waals surface area contributed by atoms with Crippen molar-refractivity contribution < 1.29 is 14.3 Å². The average Bonchev–Trinajstić information content (AvgIpc) is 3.13. The van der Waals surface area contributed by atoms with Crippen LogP contribution in [0.15, 0.2) is 59.0 Å². The first kappa shape index (κ1) is 20.3. The Balaban J connectivity index is 1.59. The number of rotatable bonds is 9. The van der Waals surface area contributed by atoms with Crippen molar-refractivity contribution >= 4 is 28.6 Å². The number of anilines is 1. The zero-order chi connectivity index (χ0) is 20.5. The number of ether oxygens (including phenoxy) is 2. The van der Waals surface area contributed by atoms with E-state index in [4.69, 9.17) is 15.2 Å². The fourth-order valence-electron chi connectivity index (χ4n) is 2.51. The van der Waals surface area contributed by atoms with Gasteiger partial charge >= 0.3 is 0 Å². The summed E-state index contributed by atoms with van der Waals surface area (Å²) in [6.45, 7) is 2.87. The third kappa shape index (κ3) is 6.32. The molecule has 0 unspecified atom stereocenters. The molecule has 3 N–H and O–H groups in total. The van der Waals surface area contributed by atoms with Crippen molar-refractivity contribution in [2.24, 2.45) is 5.10 Å². The highest BCUT2D eigenvalue weighted by atomic mass is 32.1. The minimum Gasteiger partial charge on any atom is -0.490 e. The molecular formula is C21H22N4O3S.